The summed E-state index contributed by atoms with van der Waals surface area (Å²) in [7, 11) is 0. The lowest BCUT2D eigenvalue weighted by molar-refractivity contribution is -0.150. The molecule has 1 aliphatic heterocycles. The predicted octanol–water partition coefficient (Wildman–Crippen LogP) is 1.15. The number of esters is 1. The van der Waals surface area contributed by atoms with Crippen LogP contribution >= 0.6 is 12.4 Å². The zero-order valence-electron chi connectivity index (χ0n) is 6.54. The standard InChI is InChI=1S/C7H12O3.ClH/c1-6(8)10-7-2-4-9-5-3-7;/h7H,2-5H2,1H3;1H. The first-order chi connectivity index (χ1) is 4.79. The molecule has 4 heteroatoms. The van der Waals surface area contributed by atoms with E-state index in [1.807, 2.05) is 0 Å². The number of carbonyl (C=O) groups excluding carboxylic acids is 1. The topological polar surface area (TPSA) is 35.5 Å². The number of carbonyl (C=O) groups is 1. The molecule has 0 spiro atoms. The Kier molecular flexibility index (Phi) is 5.24. The third-order valence-corrected chi connectivity index (χ3v) is 1.50. The molecule has 1 aliphatic rings. The summed E-state index contributed by atoms with van der Waals surface area (Å²) < 4.78 is 10.1. The fourth-order valence-corrected chi connectivity index (χ4v) is 1.03. The van der Waals surface area contributed by atoms with Crippen molar-refractivity contribution in [1.82, 2.24) is 0 Å². The zero-order chi connectivity index (χ0) is 7.40. The van der Waals surface area contributed by atoms with Gasteiger partial charge in [-0.05, 0) is 0 Å². The van der Waals surface area contributed by atoms with E-state index in [4.69, 9.17) is 9.47 Å². The van der Waals surface area contributed by atoms with Crippen molar-refractivity contribution in [2.75, 3.05) is 13.2 Å². The van der Waals surface area contributed by atoms with Crippen LogP contribution in [0.3, 0.4) is 0 Å². The minimum absolute atomic E-state index is 0. The van der Waals surface area contributed by atoms with Gasteiger partial charge in [-0.1, -0.05) is 0 Å². The molecule has 66 valence electrons. The van der Waals surface area contributed by atoms with Gasteiger partial charge in [0.15, 0.2) is 0 Å². The van der Waals surface area contributed by atoms with Gasteiger partial charge in [0, 0.05) is 19.8 Å². The molecule has 1 heterocycles. The van der Waals surface area contributed by atoms with Crippen molar-refractivity contribution in [3.05, 3.63) is 0 Å². The van der Waals surface area contributed by atoms with Gasteiger partial charge in [-0.25, -0.2) is 0 Å². The fraction of sp³-hybridized carbons (Fsp3) is 0.857. The maximum Gasteiger partial charge on any atom is 0.302 e. The van der Waals surface area contributed by atoms with Gasteiger partial charge < -0.3 is 9.47 Å². The Bertz CT molecular complexity index is 121. The molecule has 1 fully saturated rings. The second-order valence-corrected chi connectivity index (χ2v) is 2.42. The molecule has 11 heavy (non-hydrogen) atoms. The largest absolute Gasteiger partial charge is 0.462 e. The van der Waals surface area contributed by atoms with E-state index in [-0.39, 0.29) is 24.5 Å². The SMILES string of the molecule is CC(=O)OC1CCOCC1.Cl. The molecule has 1 saturated heterocycles. The Morgan fingerprint density at radius 2 is 2.00 bits per heavy atom. The normalized spacial score (nSPS) is 18.6. The molecule has 0 atom stereocenters. The summed E-state index contributed by atoms with van der Waals surface area (Å²) in [5.41, 5.74) is 0. The summed E-state index contributed by atoms with van der Waals surface area (Å²) in [4.78, 5) is 10.4. The summed E-state index contributed by atoms with van der Waals surface area (Å²) in [5.74, 6) is -0.188. The molecule has 1 rings (SSSR count). The summed E-state index contributed by atoms with van der Waals surface area (Å²) in [5, 5.41) is 0. The van der Waals surface area contributed by atoms with Crippen molar-refractivity contribution in [3.63, 3.8) is 0 Å². The molecular formula is C7H13ClO3. The van der Waals surface area contributed by atoms with Crippen molar-refractivity contribution in [3.8, 4) is 0 Å². The highest BCUT2D eigenvalue weighted by atomic mass is 35.5. The lowest BCUT2D eigenvalue weighted by Crippen LogP contribution is -2.24. The summed E-state index contributed by atoms with van der Waals surface area (Å²) in [6.07, 6.45) is 1.80. The lowest BCUT2D eigenvalue weighted by Gasteiger charge is -2.21. The third kappa shape index (κ3) is 4.22. The Balaban J connectivity index is 0.000001000. The van der Waals surface area contributed by atoms with Crippen LogP contribution in [-0.4, -0.2) is 25.3 Å². The smallest absolute Gasteiger partial charge is 0.302 e. The average Bonchev–Trinajstić information content (AvgIpc) is 1.88. The molecule has 0 amide bonds. The van der Waals surface area contributed by atoms with E-state index in [9.17, 15) is 4.79 Å². The molecule has 0 N–H and O–H groups in total. The van der Waals surface area contributed by atoms with E-state index >= 15 is 0 Å². The monoisotopic (exact) mass is 180 g/mol. The number of halogens is 1. The van der Waals surface area contributed by atoms with Crippen LogP contribution < -0.4 is 0 Å². The van der Waals surface area contributed by atoms with Gasteiger partial charge in [-0.2, -0.15) is 0 Å². The van der Waals surface area contributed by atoms with Gasteiger partial charge in [-0.3, -0.25) is 4.79 Å². The minimum atomic E-state index is -0.188. The highest BCUT2D eigenvalue weighted by Gasteiger charge is 2.15. The van der Waals surface area contributed by atoms with Crippen molar-refractivity contribution in [2.45, 2.75) is 25.9 Å². The van der Waals surface area contributed by atoms with Gasteiger partial charge in [0.05, 0.1) is 13.2 Å². The Labute approximate surface area is 72.5 Å². The number of hydrogen-bond donors (Lipinski definition) is 0. The molecule has 0 unspecified atom stereocenters. The maximum atomic E-state index is 10.4. The molecule has 0 aromatic heterocycles. The highest BCUT2D eigenvalue weighted by Crippen LogP contribution is 2.09. The van der Waals surface area contributed by atoms with E-state index < -0.39 is 0 Å². The fourth-order valence-electron chi connectivity index (χ4n) is 1.03. The van der Waals surface area contributed by atoms with E-state index in [1.165, 1.54) is 6.92 Å². The van der Waals surface area contributed by atoms with Gasteiger partial charge in [0.1, 0.15) is 6.10 Å². The minimum Gasteiger partial charge on any atom is -0.462 e. The number of ether oxygens (including phenoxy) is 2. The van der Waals surface area contributed by atoms with Crippen molar-refractivity contribution >= 4 is 18.4 Å². The summed E-state index contributed by atoms with van der Waals surface area (Å²) in [6, 6.07) is 0. The Morgan fingerprint density at radius 1 is 1.45 bits per heavy atom. The van der Waals surface area contributed by atoms with E-state index in [2.05, 4.69) is 0 Å². The van der Waals surface area contributed by atoms with Crippen molar-refractivity contribution < 1.29 is 14.3 Å². The van der Waals surface area contributed by atoms with Crippen LogP contribution in [0.4, 0.5) is 0 Å². The van der Waals surface area contributed by atoms with Crippen LogP contribution in [0.25, 0.3) is 0 Å². The molecule has 0 bridgehead atoms. The van der Waals surface area contributed by atoms with E-state index in [1.54, 1.807) is 0 Å². The number of hydrogen-bond acceptors (Lipinski definition) is 3. The van der Waals surface area contributed by atoms with Crippen molar-refractivity contribution in [2.24, 2.45) is 0 Å². The van der Waals surface area contributed by atoms with Crippen LogP contribution in [0.2, 0.25) is 0 Å². The third-order valence-electron chi connectivity index (χ3n) is 1.50. The summed E-state index contributed by atoms with van der Waals surface area (Å²) >= 11 is 0. The van der Waals surface area contributed by atoms with Crippen LogP contribution in [0.15, 0.2) is 0 Å². The molecule has 3 nitrogen and oxygen atoms in total. The Morgan fingerprint density at radius 3 is 2.45 bits per heavy atom. The van der Waals surface area contributed by atoms with E-state index in [0.29, 0.717) is 0 Å². The molecule has 0 aromatic rings. The quantitative estimate of drug-likeness (QED) is 0.568. The average molecular weight is 181 g/mol. The predicted molar refractivity (Wildman–Crippen MR) is 42.9 cm³/mol. The van der Waals surface area contributed by atoms with Crippen LogP contribution in [0.1, 0.15) is 19.8 Å². The highest BCUT2D eigenvalue weighted by molar-refractivity contribution is 5.85. The molecular weight excluding hydrogens is 168 g/mol. The first-order valence-corrected chi connectivity index (χ1v) is 3.54. The first kappa shape index (κ1) is 10.7. The molecule has 0 saturated carbocycles. The molecule has 0 radical (unpaired) electrons. The van der Waals surface area contributed by atoms with Gasteiger partial charge in [0.25, 0.3) is 0 Å². The van der Waals surface area contributed by atoms with Crippen molar-refractivity contribution in [1.29, 1.82) is 0 Å². The zero-order valence-corrected chi connectivity index (χ0v) is 7.36. The molecule has 0 aliphatic carbocycles. The van der Waals surface area contributed by atoms with E-state index in [0.717, 1.165) is 26.1 Å². The van der Waals surface area contributed by atoms with Gasteiger partial charge in [-0.15, -0.1) is 12.4 Å². The second kappa shape index (κ2) is 5.38. The van der Waals surface area contributed by atoms with Gasteiger partial charge in [0.2, 0.25) is 0 Å². The summed E-state index contributed by atoms with van der Waals surface area (Å²) in [6.45, 7) is 2.88. The van der Waals surface area contributed by atoms with Gasteiger partial charge >= 0.3 is 5.97 Å². The maximum absolute atomic E-state index is 10.4. The van der Waals surface area contributed by atoms with Crippen LogP contribution in [0.5, 0.6) is 0 Å². The first-order valence-electron chi connectivity index (χ1n) is 3.54. The van der Waals surface area contributed by atoms with Crippen LogP contribution in [0, 0.1) is 0 Å². The number of rotatable bonds is 1. The van der Waals surface area contributed by atoms with Crippen LogP contribution in [-0.2, 0) is 14.3 Å². The lowest BCUT2D eigenvalue weighted by atomic mass is 10.2. The second-order valence-electron chi connectivity index (χ2n) is 2.42. The Hall–Kier alpha value is -0.280. The molecule has 0 aromatic carbocycles.